The zero-order valence-electron chi connectivity index (χ0n) is 12.8. The molecular weight excluding hydrogens is 252 g/mol. The summed E-state index contributed by atoms with van der Waals surface area (Å²) in [5, 5.41) is 0. The van der Waals surface area contributed by atoms with Gasteiger partial charge < -0.3 is 20.1 Å². The van der Waals surface area contributed by atoms with E-state index in [1.165, 1.54) is 11.3 Å². The van der Waals surface area contributed by atoms with Crippen LogP contribution >= 0.6 is 0 Å². The maximum absolute atomic E-state index is 5.96. The summed E-state index contributed by atoms with van der Waals surface area (Å²) in [6.07, 6.45) is 2.25. The van der Waals surface area contributed by atoms with Gasteiger partial charge in [0.25, 0.3) is 0 Å². The second-order valence-electron chi connectivity index (χ2n) is 5.63. The molecule has 1 unspecified atom stereocenters. The summed E-state index contributed by atoms with van der Waals surface area (Å²) in [5.74, 6) is 0.906. The molecule has 1 aliphatic rings. The Kier molecular flexibility index (Phi) is 5.26. The molecule has 0 aliphatic carbocycles. The molecule has 1 fully saturated rings. The average molecular weight is 278 g/mol. The van der Waals surface area contributed by atoms with E-state index in [1.807, 2.05) is 13.0 Å². The highest BCUT2D eigenvalue weighted by Gasteiger charge is 2.17. The first-order valence-electron chi connectivity index (χ1n) is 7.37. The summed E-state index contributed by atoms with van der Waals surface area (Å²) in [6, 6.07) is 6.66. The number of ether oxygens (including phenoxy) is 2. The van der Waals surface area contributed by atoms with E-state index in [9.17, 15) is 0 Å². The van der Waals surface area contributed by atoms with Crippen molar-refractivity contribution in [3.63, 3.8) is 0 Å². The van der Waals surface area contributed by atoms with E-state index in [4.69, 9.17) is 15.2 Å². The van der Waals surface area contributed by atoms with Crippen molar-refractivity contribution in [2.24, 2.45) is 5.73 Å². The molecule has 1 atom stereocenters. The third kappa shape index (κ3) is 3.87. The van der Waals surface area contributed by atoms with Crippen LogP contribution in [0.15, 0.2) is 18.2 Å². The number of hydrogen-bond acceptors (Lipinski definition) is 4. The number of methoxy groups -OCH3 is 1. The second-order valence-corrected chi connectivity index (χ2v) is 5.63. The number of aryl methyl sites for hydroxylation is 1. The van der Waals surface area contributed by atoms with Crippen molar-refractivity contribution in [1.29, 1.82) is 0 Å². The third-order valence-corrected chi connectivity index (χ3v) is 3.94. The predicted octanol–water partition coefficient (Wildman–Crippen LogP) is 2.34. The van der Waals surface area contributed by atoms with Gasteiger partial charge in [0.05, 0.1) is 6.10 Å². The molecule has 0 saturated carbocycles. The first-order valence-corrected chi connectivity index (χ1v) is 7.37. The Morgan fingerprint density at radius 1 is 1.35 bits per heavy atom. The zero-order chi connectivity index (χ0) is 14.5. The van der Waals surface area contributed by atoms with Gasteiger partial charge >= 0.3 is 0 Å². The highest BCUT2D eigenvalue weighted by atomic mass is 16.5. The van der Waals surface area contributed by atoms with Gasteiger partial charge in [-0.15, -0.1) is 0 Å². The van der Waals surface area contributed by atoms with Crippen molar-refractivity contribution >= 4 is 5.69 Å². The van der Waals surface area contributed by atoms with Gasteiger partial charge in [-0.25, -0.2) is 0 Å². The molecule has 0 amide bonds. The first kappa shape index (κ1) is 15.1. The van der Waals surface area contributed by atoms with Crippen LogP contribution in [0.3, 0.4) is 0 Å². The van der Waals surface area contributed by atoms with Gasteiger partial charge in [-0.3, -0.25) is 0 Å². The molecule has 112 valence electrons. The zero-order valence-corrected chi connectivity index (χ0v) is 12.8. The molecule has 4 nitrogen and oxygen atoms in total. The van der Waals surface area contributed by atoms with E-state index in [0.717, 1.165) is 31.7 Å². The number of piperidine rings is 1. The summed E-state index contributed by atoms with van der Waals surface area (Å²) in [4.78, 5) is 2.42. The van der Waals surface area contributed by atoms with E-state index in [-0.39, 0.29) is 6.10 Å². The topological polar surface area (TPSA) is 47.7 Å². The lowest BCUT2D eigenvalue weighted by molar-refractivity contribution is 0.0716. The number of rotatable bonds is 5. The molecule has 2 rings (SSSR count). The minimum atomic E-state index is 0.110. The maximum atomic E-state index is 5.96. The number of nitrogens with two attached hydrogens (primary N) is 1. The van der Waals surface area contributed by atoms with Crippen LogP contribution in [0.4, 0.5) is 5.69 Å². The van der Waals surface area contributed by atoms with Crippen LogP contribution in [0.25, 0.3) is 0 Å². The number of benzene rings is 1. The molecule has 1 heterocycles. The van der Waals surface area contributed by atoms with E-state index in [1.54, 1.807) is 7.11 Å². The standard InChI is InChI=1S/C16H26N2O2/c1-12-10-15(20-11-13(2)19-3)4-5-16(12)18-8-6-14(17)7-9-18/h4-5,10,13-14H,6-9,11,17H2,1-3H3. The molecule has 1 aliphatic heterocycles. The highest BCUT2D eigenvalue weighted by molar-refractivity contribution is 5.56. The molecule has 2 N–H and O–H groups in total. The van der Waals surface area contributed by atoms with Crippen LogP contribution in [0, 0.1) is 6.92 Å². The molecule has 1 aromatic rings. The van der Waals surface area contributed by atoms with Crippen LogP contribution in [-0.2, 0) is 4.74 Å². The minimum Gasteiger partial charge on any atom is -0.491 e. The quantitative estimate of drug-likeness (QED) is 0.898. The number of anilines is 1. The van der Waals surface area contributed by atoms with Crippen LogP contribution in [0.1, 0.15) is 25.3 Å². The normalized spacial score (nSPS) is 18.1. The van der Waals surface area contributed by atoms with Gasteiger partial charge in [-0.05, 0) is 50.5 Å². The Bertz CT molecular complexity index is 428. The van der Waals surface area contributed by atoms with E-state index in [0.29, 0.717) is 12.6 Å². The Morgan fingerprint density at radius 2 is 2.05 bits per heavy atom. The van der Waals surface area contributed by atoms with Crippen molar-refractivity contribution < 1.29 is 9.47 Å². The SMILES string of the molecule is COC(C)COc1ccc(N2CCC(N)CC2)c(C)c1. The highest BCUT2D eigenvalue weighted by Crippen LogP contribution is 2.27. The fraction of sp³-hybridized carbons (Fsp3) is 0.625. The van der Waals surface area contributed by atoms with Crippen LogP contribution in [0.2, 0.25) is 0 Å². The Morgan fingerprint density at radius 3 is 2.65 bits per heavy atom. The molecule has 20 heavy (non-hydrogen) atoms. The summed E-state index contributed by atoms with van der Waals surface area (Å²) < 4.78 is 10.9. The van der Waals surface area contributed by atoms with Crippen molar-refractivity contribution in [1.82, 2.24) is 0 Å². The van der Waals surface area contributed by atoms with Gasteiger partial charge in [0.1, 0.15) is 12.4 Å². The molecular formula is C16H26N2O2. The fourth-order valence-electron chi connectivity index (χ4n) is 2.49. The number of hydrogen-bond donors (Lipinski definition) is 1. The molecule has 0 bridgehead atoms. The molecule has 0 aromatic heterocycles. The molecule has 0 spiro atoms. The van der Waals surface area contributed by atoms with Crippen molar-refractivity contribution in [2.45, 2.75) is 38.8 Å². The van der Waals surface area contributed by atoms with Crippen LogP contribution in [-0.4, -0.2) is 39.0 Å². The molecule has 1 aromatic carbocycles. The molecule has 0 radical (unpaired) electrons. The Balaban J connectivity index is 1.98. The van der Waals surface area contributed by atoms with E-state index < -0.39 is 0 Å². The predicted molar refractivity (Wildman–Crippen MR) is 82.6 cm³/mol. The van der Waals surface area contributed by atoms with Crippen LogP contribution < -0.4 is 15.4 Å². The summed E-state index contributed by atoms with van der Waals surface area (Å²) >= 11 is 0. The first-order chi connectivity index (χ1) is 9.60. The maximum Gasteiger partial charge on any atom is 0.119 e. The molecule has 1 saturated heterocycles. The summed E-state index contributed by atoms with van der Waals surface area (Å²) in [7, 11) is 1.70. The number of nitrogens with zero attached hydrogens (tertiary/aromatic N) is 1. The minimum absolute atomic E-state index is 0.110. The lowest BCUT2D eigenvalue weighted by Crippen LogP contribution is -2.39. The smallest absolute Gasteiger partial charge is 0.119 e. The average Bonchev–Trinajstić information content (AvgIpc) is 2.46. The largest absolute Gasteiger partial charge is 0.491 e. The van der Waals surface area contributed by atoms with Gasteiger partial charge in [-0.1, -0.05) is 0 Å². The molecule has 4 heteroatoms. The van der Waals surface area contributed by atoms with Gasteiger partial charge in [0.2, 0.25) is 0 Å². The van der Waals surface area contributed by atoms with Crippen LogP contribution in [0.5, 0.6) is 5.75 Å². The lowest BCUT2D eigenvalue weighted by atomic mass is 10.0. The fourth-order valence-corrected chi connectivity index (χ4v) is 2.49. The van der Waals surface area contributed by atoms with E-state index in [2.05, 4.69) is 24.0 Å². The van der Waals surface area contributed by atoms with Crippen molar-refractivity contribution in [3.8, 4) is 5.75 Å². The van der Waals surface area contributed by atoms with E-state index >= 15 is 0 Å². The lowest BCUT2D eigenvalue weighted by Gasteiger charge is -2.33. The summed E-state index contributed by atoms with van der Waals surface area (Å²) in [5.41, 5.74) is 8.51. The van der Waals surface area contributed by atoms with Crippen molar-refractivity contribution in [2.75, 3.05) is 31.7 Å². The third-order valence-electron chi connectivity index (χ3n) is 3.94. The Hall–Kier alpha value is -1.26. The van der Waals surface area contributed by atoms with Gasteiger partial charge in [0.15, 0.2) is 0 Å². The summed E-state index contributed by atoms with van der Waals surface area (Å²) in [6.45, 7) is 6.80. The Labute approximate surface area is 121 Å². The second kappa shape index (κ2) is 6.95. The van der Waals surface area contributed by atoms with Gasteiger partial charge in [0, 0.05) is 31.9 Å². The monoisotopic (exact) mass is 278 g/mol. The van der Waals surface area contributed by atoms with Gasteiger partial charge in [-0.2, -0.15) is 0 Å². The van der Waals surface area contributed by atoms with Crippen molar-refractivity contribution in [3.05, 3.63) is 23.8 Å².